The van der Waals surface area contributed by atoms with Crippen LogP contribution in [0.3, 0.4) is 0 Å². The van der Waals surface area contributed by atoms with Crippen molar-refractivity contribution in [3.63, 3.8) is 0 Å². The fourth-order valence-electron chi connectivity index (χ4n) is 1.50. The number of aromatic nitrogens is 1. The summed E-state index contributed by atoms with van der Waals surface area (Å²) >= 11 is 11.5. The Hall–Kier alpha value is -1.72. The van der Waals surface area contributed by atoms with Gasteiger partial charge >= 0.3 is 11.9 Å². The summed E-state index contributed by atoms with van der Waals surface area (Å²) in [6, 6.07) is 1.22. The van der Waals surface area contributed by atoms with Crippen LogP contribution in [-0.2, 0) is 11.3 Å². The lowest BCUT2D eigenvalue weighted by molar-refractivity contribution is -0.453. The lowest BCUT2D eigenvalue weighted by Crippen LogP contribution is -2.18. The zero-order valence-corrected chi connectivity index (χ0v) is 10.4. The van der Waals surface area contributed by atoms with Crippen LogP contribution < -0.4 is 0 Å². The molecule has 0 aliphatic carbocycles. The molecule has 0 saturated carbocycles. The van der Waals surface area contributed by atoms with E-state index in [0.717, 1.165) is 0 Å². The smallest absolute Gasteiger partial charge is 0.412 e. The molecule has 0 radical (unpaired) electrons. The van der Waals surface area contributed by atoms with E-state index in [1.54, 1.807) is 6.08 Å². The highest BCUT2D eigenvalue weighted by molar-refractivity contribution is 6.41. The van der Waals surface area contributed by atoms with Gasteiger partial charge in [-0.15, -0.1) is 0 Å². The minimum absolute atomic E-state index is 0.0104. The third kappa shape index (κ3) is 2.42. The van der Waals surface area contributed by atoms with Gasteiger partial charge in [0, 0.05) is 6.08 Å². The molecule has 1 N–H and O–H groups in total. The molecule has 0 spiro atoms. The van der Waals surface area contributed by atoms with Crippen molar-refractivity contribution in [3.8, 4) is 0 Å². The van der Waals surface area contributed by atoms with E-state index in [4.69, 9.17) is 28.3 Å². The van der Waals surface area contributed by atoms with Gasteiger partial charge in [0.25, 0.3) is 0 Å². The summed E-state index contributed by atoms with van der Waals surface area (Å²) in [5.74, 6) is -1.41. The third-order valence-corrected chi connectivity index (χ3v) is 3.02. The minimum atomic E-state index is -1.17. The van der Waals surface area contributed by atoms with E-state index in [9.17, 15) is 9.59 Å². The molecule has 1 amide bonds. The lowest BCUT2D eigenvalue weighted by atomic mass is 10.2. The summed E-state index contributed by atoms with van der Waals surface area (Å²) in [6.07, 6.45) is 4.48. The first-order chi connectivity index (χ1) is 8.49. The monoisotopic (exact) mass is 285 g/mol. The second-order valence-electron chi connectivity index (χ2n) is 3.53. The number of allylic oxidation sites excluding steroid dienone is 1. The van der Waals surface area contributed by atoms with Crippen molar-refractivity contribution >= 4 is 41.3 Å². The Morgan fingerprint density at radius 3 is 2.72 bits per heavy atom. The predicted octanol–water partition coefficient (Wildman–Crippen LogP) is 1.77. The number of carbonyl (C=O) groups is 2. The van der Waals surface area contributed by atoms with E-state index >= 15 is 0 Å². The van der Waals surface area contributed by atoms with Gasteiger partial charge in [-0.1, -0.05) is 23.2 Å². The average Bonchev–Trinajstić information content (AvgIpc) is 2.69. The van der Waals surface area contributed by atoms with Gasteiger partial charge in [0.05, 0.1) is 16.7 Å². The van der Waals surface area contributed by atoms with Gasteiger partial charge in [-0.05, 0) is 6.07 Å². The number of nitrogens with zero attached hydrogens (tertiary/aromatic N) is 2. The van der Waals surface area contributed by atoms with E-state index in [1.165, 1.54) is 22.9 Å². The lowest BCUT2D eigenvalue weighted by Gasteiger charge is -2.04. The van der Waals surface area contributed by atoms with Crippen molar-refractivity contribution in [2.24, 2.45) is 0 Å². The molecule has 1 aliphatic rings. The summed E-state index contributed by atoms with van der Waals surface area (Å²) in [5, 5.41) is 9.12. The van der Waals surface area contributed by atoms with Crippen LogP contribution in [-0.4, -0.2) is 32.8 Å². The van der Waals surface area contributed by atoms with Crippen LogP contribution in [0.15, 0.2) is 18.2 Å². The van der Waals surface area contributed by atoms with Crippen LogP contribution in [0.25, 0.3) is 0 Å². The third-order valence-electron chi connectivity index (χ3n) is 2.35. The fourth-order valence-corrected chi connectivity index (χ4v) is 1.81. The summed E-state index contributed by atoms with van der Waals surface area (Å²) in [4.78, 5) is 26.4. The normalized spacial score (nSPS) is 13.9. The summed E-state index contributed by atoms with van der Waals surface area (Å²) in [7, 11) is 0. The SMILES string of the molecule is O=C(O)c1cc(Cl)c(Cl)nc1C[N+]1=CC=CC1=O. The van der Waals surface area contributed by atoms with E-state index < -0.39 is 5.97 Å². The molecule has 1 aromatic rings. The minimum Gasteiger partial charge on any atom is -0.478 e. The molecular formula is C11H7Cl2N2O3+. The molecule has 0 fully saturated rings. The summed E-state index contributed by atoms with van der Waals surface area (Å²) in [6.45, 7) is 0.0321. The summed E-state index contributed by atoms with van der Waals surface area (Å²) < 4.78 is 1.33. The zero-order valence-electron chi connectivity index (χ0n) is 8.93. The Labute approximate surface area is 112 Å². The molecule has 0 atom stereocenters. The number of rotatable bonds is 3. The van der Waals surface area contributed by atoms with Gasteiger partial charge in [0.2, 0.25) is 0 Å². The Morgan fingerprint density at radius 1 is 1.44 bits per heavy atom. The van der Waals surface area contributed by atoms with Gasteiger partial charge in [0.15, 0.2) is 12.8 Å². The molecule has 1 aliphatic heterocycles. The number of amides is 1. The van der Waals surface area contributed by atoms with Gasteiger partial charge in [-0.25, -0.2) is 14.6 Å². The molecule has 92 valence electrons. The first-order valence-electron chi connectivity index (χ1n) is 4.89. The standard InChI is InChI=1S/C11H6Cl2N2O3/c12-7-4-6(11(17)18)8(14-10(7)13)5-15-3-1-2-9(15)16/h1-4H,5H2/p+1. The molecule has 5 nitrogen and oxygen atoms in total. The Balaban J connectivity index is 2.40. The van der Waals surface area contributed by atoms with Gasteiger partial charge in [0.1, 0.15) is 10.8 Å². The van der Waals surface area contributed by atoms with Crippen molar-refractivity contribution in [2.75, 3.05) is 0 Å². The van der Waals surface area contributed by atoms with Crippen LogP contribution in [0.5, 0.6) is 0 Å². The maximum atomic E-state index is 11.4. The average molecular weight is 286 g/mol. The van der Waals surface area contributed by atoms with Gasteiger partial charge in [-0.2, -0.15) is 4.58 Å². The van der Waals surface area contributed by atoms with E-state index in [0.29, 0.717) is 0 Å². The van der Waals surface area contributed by atoms with Crippen LogP contribution >= 0.6 is 23.2 Å². The Bertz CT molecular complexity index is 609. The van der Waals surface area contributed by atoms with Crippen LogP contribution in [0.2, 0.25) is 10.2 Å². The highest BCUT2D eigenvalue weighted by Crippen LogP contribution is 2.23. The topological polar surface area (TPSA) is 70.3 Å². The number of hydrogen-bond acceptors (Lipinski definition) is 3. The molecule has 0 bridgehead atoms. The Morgan fingerprint density at radius 2 is 2.17 bits per heavy atom. The number of carboxylic acid groups (broad SMARTS) is 1. The second-order valence-corrected chi connectivity index (χ2v) is 4.30. The highest BCUT2D eigenvalue weighted by Gasteiger charge is 2.24. The maximum absolute atomic E-state index is 11.4. The van der Waals surface area contributed by atoms with E-state index in [1.807, 2.05) is 0 Å². The van der Waals surface area contributed by atoms with Crippen molar-refractivity contribution < 1.29 is 19.3 Å². The first kappa shape index (κ1) is 12.7. The number of aromatic carboxylic acids is 1. The quantitative estimate of drug-likeness (QED) is 0.679. The summed E-state index contributed by atoms with van der Waals surface area (Å²) in [5.41, 5.74) is 0.114. The number of halogens is 2. The highest BCUT2D eigenvalue weighted by atomic mass is 35.5. The fraction of sp³-hybridized carbons (Fsp3) is 0.0909. The van der Waals surface area contributed by atoms with Gasteiger partial charge < -0.3 is 5.11 Å². The zero-order chi connectivity index (χ0) is 13.3. The molecule has 0 saturated heterocycles. The number of pyridine rings is 1. The first-order valence-corrected chi connectivity index (χ1v) is 5.65. The molecule has 2 heterocycles. The van der Waals surface area contributed by atoms with E-state index in [-0.39, 0.29) is 33.9 Å². The van der Waals surface area contributed by atoms with Crippen molar-refractivity contribution in [1.29, 1.82) is 0 Å². The Kier molecular flexibility index (Phi) is 3.45. The number of hydrogen-bond donors (Lipinski definition) is 1. The largest absolute Gasteiger partial charge is 0.478 e. The van der Waals surface area contributed by atoms with Crippen LogP contribution in [0.1, 0.15) is 16.1 Å². The molecule has 7 heteroatoms. The molecular weight excluding hydrogens is 279 g/mol. The molecule has 1 aromatic heterocycles. The molecule has 0 unspecified atom stereocenters. The number of carboxylic acids is 1. The molecule has 0 aromatic carbocycles. The van der Waals surface area contributed by atoms with Crippen molar-refractivity contribution in [2.45, 2.75) is 6.54 Å². The molecule has 2 rings (SSSR count). The van der Waals surface area contributed by atoms with Crippen LogP contribution in [0.4, 0.5) is 0 Å². The number of carbonyl (C=O) groups excluding carboxylic acids is 1. The van der Waals surface area contributed by atoms with Crippen LogP contribution in [0, 0.1) is 0 Å². The maximum Gasteiger partial charge on any atom is 0.412 e. The van der Waals surface area contributed by atoms with Gasteiger partial charge in [-0.3, -0.25) is 0 Å². The molecule has 18 heavy (non-hydrogen) atoms. The second kappa shape index (κ2) is 4.88. The van der Waals surface area contributed by atoms with Crippen molar-refractivity contribution in [3.05, 3.63) is 39.7 Å². The van der Waals surface area contributed by atoms with Crippen molar-refractivity contribution in [1.82, 2.24) is 4.98 Å². The van der Waals surface area contributed by atoms with E-state index in [2.05, 4.69) is 4.98 Å². The predicted molar refractivity (Wildman–Crippen MR) is 65.4 cm³/mol.